The Morgan fingerprint density at radius 1 is 0.939 bits per heavy atom. The lowest BCUT2D eigenvalue weighted by Gasteiger charge is -2.06. The van der Waals surface area contributed by atoms with Gasteiger partial charge in [-0.1, -0.05) is 39.0 Å². The molecular weight excluding hydrogens is 424 g/mol. The Morgan fingerprint density at radius 2 is 1.52 bits per heavy atom. The molecule has 0 aliphatic heterocycles. The van der Waals surface area contributed by atoms with Crippen LogP contribution in [0.25, 0.3) is 0 Å². The van der Waals surface area contributed by atoms with E-state index in [4.69, 9.17) is 19.3 Å². The molecule has 7 nitrogen and oxygen atoms in total. The highest BCUT2D eigenvalue weighted by molar-refractivity contribution is 5.91. The van der Waals surface area contributed by atoms with Gasteiger partial charge in [0.1, 0.15) is 18.1 Å². The van der Waals surface area contributed by atoms with E-state index in [1.165, 1.54) is 24.3 Å². The zero-order valence-electron chi connectivity index (χ0n) is 19.0. The Hall–Kier alpha value is -3.87. The Morgan fingerprint density at radius 3 is 2.03 bits per heavy atom. The summed E-state index contributed by atoms with van der Waals surface area (Å²) in [4.78, 5) is 33.5. The van der Waals surface area contributed by atoms with E-state index in [9.17, 15) is 14.4 Å². The average molecular weight is 455 g/mol. The van der Waals surface area contributed by atoms with Crippen molar-refractivity contribution in [1.29, 1.82) is 0 Å². The van der Waals surface area contributed by atoms with Crippen molar-refractivity contribution in [2.45, 2.75) is 33.1 Å². The van der Waals surface area contributed by atoms with Gasteiger partial charge in [0.25, 0.3) is 0 Å². The molecule has 0 amide bonds. The summed E-state index contributed by atoms with van der Waals surface area (Å²) >= 11 is 0. The van der Waals surface area contributed by atoms with Crippen LogP contribution < -0.4 is 9.47 Å². The average Bonchev–Trinajstić information content (AvgIpc) is 2.81. The molecule has 0 unspecified atom stereocenters. The largest absolute Gasteiger partial charge is 0.490 e. The fraction of sp³-hybridized carbons (Fsp3) is 0.269. The first-order valence-corrected chi connectivity index (χ1v) is 10.5. The monoisotopic (exact) mass is 454 g/mol. The van der Waals surface area contributed by atoms with Crippen LogP contribution in [-0.4, -0.2) is 36.2 Å². The van der Waals surface area contributed by atoms with Crippen molar-refractivity contribution in [3.8, 4) is 11.5 Å². The number of carboxylic acid groups (broad SMARTS) is 1. The van der Waals surface area contributed by atoms with E-state index in [1.807, 2.05) is 0 Å². The zero-order chi connectivity index (χ0) is 24.6. The number of aromatic carboxylic acids is 1. The van der Waals surface area contributed by atoms with Crippen molar-refractivity contribution >= 4 is 17.9 Å². The van der Waals surface area contributed by atoms with Gasteiger partial charge < -0.3 is 19.3 Å². The number of unbranched alkanes of at least 4 members (excludes halogenated alkanes) is 2. The Kier molecular flexibility index (Phi) is 12.4. The van der Waals surface area contributed by atoms with Gasteiger partial charge in [0.15, 0.2) is 0 Å². The van der Waals surface area contributed by atoms with Crippen LogP contribution in [0.3, 0.4) is 0 Å². The van der Waals surface area contributed by atoms with Crippen molar-refractivity contribution in [3.05, 3.63) is 84.5 Å². The molecule has 0 saturated carbocycles. The number of carbonyl (C=O) groups excluding carboxylic acids is 2. The summed E-state index contributed by atoms with van der Waals surface area (Å²) in [7, 11) is 0. The molecule has 33 heavy (non-hydrogen) atoms. The third kappa shape index (κ3) is 10.8. The second-order valence-electron chi connectivity index (χ2n) is 6.97. The van der Waals surface area contributed by atoms with E-state index in [0.29, 0.717) is 30.1 Å². The maximum absolute atomic E-state index is 12.0. The van der Waals surface area contributed by atoms with Gasteiger partial charge in [-0.2, -0.15) is 0 Å². The van der Waals surface area contributed by atoms with Crippen molar-refractivity contribution < 1.29 is 33.7 Å². The molecule has 2 aromatic carbocycles. The second-order valence-corrected chi connectivity index (χ2v) is 6.97. The minimum Gasteiger partial charge on any atom is -0.490 e. The second kappa shape index (κ2) is 15.0. The van der Waals surface area contributed by atoms with Crippen molar-refractivity contribution in [3.63, 3.8) is 0 Å². The molecule has 2 rings (SSSR count). The molecule has 0 aliphatic rings. The lowest BCUT2D eigenvalue weighted by Crippen LogP contribution is -2.08. The van der Waals surface area contributed by atoms with Gasteiger partial charge in [-0.05, 0) is 61.9 Å². The first kappa shape index (κ1) is 27.2. The molecule has 176 valence electrons. The number of hydrogen-bond acceptors (Lipinski definition) is 6. The molecule has 0 saturated heterocycles. The van der Waals surface area contributed by atoms with Gasteiger partial charge in [0.05, 0.1) is 17.7 Å². The smallest absolute Gasteiger partial charge is 0.343 e. The summed E-state index contributed by atoms with van der Waals surface area (Å²) in [6.45, 7) is 11.7. The number of hydrogen-bond donors (Lipinski definition) is 1. The molecule has 1 N–H and O–H groups in total. The summed E-state index contributed by atoms with van der Waals surface area (Å²) in [5.74, 6) is -0.934. The first-order chi connectivity index (χ1) is 15.8. The highest BCUT2D eigenvalue weighted by Crippen LogP contribution is 2.17. The molecule has 0 atom stereocenters. The number of ether oxygens (including phenoxy) is 3. The first-order valence-electron chi connectivity index (χ1n) is 10.5. The Labute approximate surface area is 194 Å². The van der Waals surface area contributed by atoms with Crippen LogP contribution in [0.5, 0.6) is 11.5 Å². The minimum atomic E-state index is -1.03. The maximum atomic E-state index is 12.0. The number of carbonyl (C=O) groups is 3. The zero-order valence-corrected chi connectivity index (χ0v) is 19.0. The predicted octanol–water partition coefficient (Wildman–Crippen LogP) is 5.46. The number of esters is 2. The van der Waals surface area contributed by atoms with E-state index < -0.39 is 11.9 Å². The summed E-state index contributed by atoms with van der Waals surface area (Å²) in [5.41, 5.74) is 0.971. The molecule has 2 aromatic rings. The topological polar surface area (TPSA) is 99.1 Å². The van der Waals surface area contributed by atoms with Crippen LogP contribution in [0.2, 0.25) is 0 Å². The van der Waals surface area contributed by atoms with Crippen LogP contribution in [0, 0.1) is 0 Å². The maximum Gasteiger partial charge on any atom is 0.343 e. The fourth-order valence-electron chi connectivity index (χ4n) is 2.31. The number of carboxylic acids is 1. The third-order valence-corrected chi connectivity index (χ3v) is 4.10. The van der Waals surface area contributed by atoms with Crippen molar-refractivity contribution in [2.75, 3.05) is 13.2 Å². The van der Waals surface area contributed by atoms with Gasteiger partial charge in [0.2, 0.25) is 0 Å². The minimum absolute atomic E-state index is 0.128. The van der Waals surface area contributed by atoms with Gasteiger partial charge in [-0.3, -0.25) is 0 Å². The summed E-state index contributed by atoms with van der Waals surface area (Å²) in [6, 6.07) is 12.1. The van der Waals surface area contributed by atoms with Gasteiger partial charge in [-0.15, -0.1) is 0 Å². The molecule has 0 aromatic heterocycles. The lowest BCUT2D eigenvalue weighted by atomic mass is 10.2. The van der Waals surface area contributed by atoms with Crippen LogP contribution in [-0.2, 0) is 9.53 Å². The summed E-state index contributed by atoms with van der Waals surface area (Å²) in [5, 5.41) is 8.80. The molecule has 0 heterocycles. The molecule has 0 fully saturated rings. The van der Waals surface area contributed by atoms with E-state index in [2.05, 4.69) is 20.1 Å². The number of rotatable bonds is 11. The van der Waals surface area contributed by atoms with Gasteiger partial charge in [-0.25, -0.2) is 14.4 Å². The predicted molar refractivity (Wildman–Crippen MR) is 126 cm³/mol. The van der Waals surface area contributed by atoms with Crippen molar-refractivity contribution in [1.82, 2.24) is 0 Å². The molecular formula is C26H30O7. The molecule has 0 spiro atoms. The fourth-order valence-corrected chi connectivity index (χ4v) is 2.31. The van der Waals surface area contributed by atoms with Crippen LogP contribution in [0.4, 0.5) is 0 Å². The molecule has 0 radical (unpaired) electrons. The quantitative estimate of drug-likeness (QED) is 0.158. The highest BCUT2D eigenvalue weighted by atomic mass is 16.5. The third-order valence-electron chi connectivity index (χ3n) is 4.10. The molecule has 0 aliphatic carbocycles. The van der Waals surface area contributed by atoms with E-state index >= 15 is 0 Å². The SMILES string of the molecule is C=C(C)C(=O)OCCCCC.C=CCOc1ccc(C(=O)Oc2ccc(C(=O)O)cc2)cc1. The highest BCUT2D eigenvalue weighted by Gasteiger charge is 2.10. The standard InChI is InChI=1S/C17H14O5.C9H16O2/c1-2-11-21-14-7-5-13(6-8-14)17(20)22-15-9-3-12(4-10-15)16(18)19;1-4-5-6-7-11-9(10)8(2)3/h2-10H,1,11H2,(H,18,19);2,4-7H2,1,3H3. The van der Waals surface area contributed by atoms with Crippen LogP contribution in [0.1, 0.15) is 53.8 Å². The van der Waals surface area contributed by atoms with Crippen LogP contribution >= 0.6 is 0 Å². The molecule has 7 heteroatoms. The lowest BCUT2D eigenvalue weighted by molar-refractivity contribution is -0.139. The van der Waals surface area contributed by atoms with E-state index in [-0.39, 0.29) is 17.3 Å². The Balaban J connectivity index is 0.000000420. The normalized spacial score (nSPS) is 9.64. The van der Waals surface area contributed by atoms with Crippen molar-refractivity contribution in [2.24, 2.45) is 0 Å². The van der Waals surface area contributed by atoms with E-state index in [1.54, 1.807) is 37.3 Å². The van der Waals surface area contributed by atoms with Gasteiger partial charge in [0, 0.05) is 5.57 Å². The summed E-state index contributed by atoms with van der Waals surface area (Å²) in [6.07, 6.45) is 4.84. The van der Waals surface area contributed by atoms with E-state index in [0.717, 1.165) is 19.3 Å². The van der Waals surface area contributed by atoms with Crippen LogP contribution in [0.15, 0.2) is 73.3 Å². The Bertz CT molecular complexity index is 928. The number of benzene rings is 2. The summed E-state index contributed by atoms with van der Waals surface area (Å²) < 4.78 is 15.4. The molecule has 0 bridgehead atoms. The van der Waals surface area contributed by atoms with Gasteiger partial charge >= 0.3 is 17.9 Å².